The number of benzene rings is 1. The largest absolute Gasteiger partial charge is 0.506 e. The average molecular weight is 312 g/mol. The number of phenolic OH excluding ortho intramolecular Hbond substituents is 1. The van der Waals surface area contributed by atoms with Crippen LogP contribution in [0.25, 0.3) is 0 Å². The van der Waals surface area contributed by atoms with Crippen molar-refractivity contribution in [1.82, 2.24) is 4.90 Å². The van der Waals surface area contributed by atoms with Gasteiger partial charge < -0.3 is 15.1 Å². The molecule has 0 spiro atoms. The normalized spacial score (nSPS) is 18.5. The van der Waals surface area contributed by atoms with Crippen molar-refractivity contribution in [2.75, 3.05) is 6.54 Å². The molecule has 1 heterocycles. The molecule has 0 radical (unpaired) electrons. The van der Waals surface area contributed by atoms with E-state index in [1.807, 2.05) is 0 Å². The Bertz CT molecular complexity index is 546. The zero-order chi connectivity index (χ0) is 15.4. The number of amides is 1. The highest BCUT2D eigenvalue weighted by Crippen LogP contribution is 2.27. The monoisotopic (exact) mass is 311 g/mol. The van der Waals surface area contributed by atoms with Crippen LogP contribution < -0.4 is 0 Å². The van der Waals surface area contributed by atoms with Gasteiger partial charge in [0, 0.05) is 24.6 Å². The van der Waals surface area contributed by atoms with Crippen LogP contribution in [0.1, 0.15) is 42.5 Å². The van der Waals surface area contributed by atoms with Crippen LogP contribution in [0.5, 0.6) is 5.75 Å². The van der Waals surface area contributed by atoms with E-state index in [0.29, 0.717) is 18.5 Å². The SMILES string of the molecule is O=C(O)CCC1CCCCN1C(=O)c1ccc(O)c(Cl)c1. The van der Waals surface area contributed by atoms with E-state index in [4.69, 9.17) is 16.7 Å². The Kier molecular flexibility index (Phi) is 5.07. The number of carboxylic acid groups (broad SMARTS) is 1. The number of aliphatic carboxylic acids is 1. The number of carbonyl (C=O) groups is 2. The molecule has 2 N–H and O–H groups in total. The Morgan fingerprint density at radius 2 is 2.10 bits per heavy atom. The van der Waals surface area contributed by atoms with Crippen molar-refractivity contribution in [3.8, 4) is 5.75 Å². The minimum atomic E-state index is -0.847. The first-order chi connectivity index (χ1) is 9.99. The number of carbonyl (C=O) groups excluding carboxylic acids is 1. The van der Waals surface area contributed by atoms with Gasteiger partial charge in [0.05, 0.1) is 5.02 Å². The van der Waals surface area contributed by atoms with Crippen molar-refractivity contribution in [2.45, 2.75) is 38.1 Å². The first kappa shape index (κ1) is 15.6. The summed E-state index contributed by atoms with van der Waals surface area (Å²) >= 11 is 5.84. The van der Waals surface area contributed by atoms with Crippen LogP contribution in [0.3, 0.4) is 0 Å². The minimum Gasteiger partial charge on any atom is -0.506 e. The van der Waals surface area contributed by atoms with Gasteiger partial charge in [0.1, 0.15) is 5.75 Å². The summed E-state index contributed by atoms with van der Waals surface area (Å²) in [6.45, 7) is 0.627. The van der Waals surface area contributed by atoms with Gasteiger partial charge in [0.2, 0.25) is 0 Å². The van der Waals surface area contributed by atoms with E-state index in [9.17, 15) is 14.7 Å². The number of piperidine rings is 1. The molecule has 1 amide bonds. The number of carboxylic acids is 1. The molecule has 0 bridgehead atoms. The lowest BCUT2D eigenvalue weighted by molar-refractivity contribution is -0.137. The van der Waals surface area contributed by atoms with Crippen molar-refractivity contribution < 1.29 is 19.8 Å². The molecule has 1 aromatic rings. The van der Waals surface area contributed by atoms with Crippen molar-refractivity contribution in [1.29, 1.82) is 0 Å². The van der Waals surface area contributed by atoms with Crippen LogP contribution in [0.2, 0.25) is 5.02 Å². The van der Waals surface area contributed by atoms with Crippen LogP contribution in [-0.2, 0) is 4.79 Å². The maximum Gasteiger partial charge on any atom is 0.303 e. The van der Waals surface area contributed by atoms with E-state index in [2.05, 4.69) is 0 Å². The van der Waals surface area contributed by atoms with Crippen LogP contribution >= 0.6 is 11.6 Å². The van der Waals surface area contributed by atoms with E-state index in [-0.39, 0.29) is 29.1 Å². The molecule has 1 aliphatic heterocycles. The fourth-order valence-corrected chi connectivity index (χ4v) is 2.84. The number of likely N-dealkylation sites (tertiary alicyclic amines) is 1. The molecule has 0 aromatic heterocycles. The number of hydrogen-bond donors (Lipinski definition) is 2. The molecule has 2 rings (SSSR count). The lowest BCUT2D eigenvalue weighted by Gasteiger charge is -2.35. The summed E-state index contributed by atoms with van der Waals surface area (Å²) in [5.41, 5.74) is 0.417. The Balaban J connectivity index is 2.13. The van der Waals surface area contributed by atoms with E-state index < -0.39 is 5.97 Å². The molecule has 1 unspecified atom stereocenters. The highest BCUT2D eigenvalue weighted by molar-refractivity contribution is 6.32. The maximum absolute atomic E-state index is 12.6. The molecule has 1 aromatic carbocycles. The van der Waals surface area contributed by atoms with Crippen molar-refractivity contribution >= 4 is 23.5 Å². The van der Waals surface area contributed by atoms with Gasteiger partial charge in [-0.25, -0.2) is 0 Å². The van der Waals surface area contributed by atoms with Crippen LogP contribution in [0.15, 0.2) is 18.2 Å². The Morgan fingerprint density at radius 3 is 2.76 bits per heavy atom. The molecule has 0 saturated carbocycles. The van der Waals surface area contributed by atoms with E-state index in [1.165, 1.54) is 18.2 Å². The molecule has 0 aliphatic carbocycles. The summed E-state index contributed by atoms with van der Waals surface area (Å²) in [6, 6.07) is 4.33. The van der Waals surface area contributed by atoms with E-state index in [1.54, 1.807) is 4.90 Å². The lowest BCUT2D eigenvalue weighted by atomic mass is 9.97. The number of halogens is 1. The van der Waals surface area contributed by atoms with Gasteiger partial charge in [-0.1, -0.05) is 11.6 Å². The Morgan fingerprint density at radius 1 is 1.33 bits per heavy atom. The predicted octanol–water partition coefficient (Wildman–Crippen LogP) is 2.91. The highest BCUT2D eigenvalue weighted by atomic mass is 35.5. The van der Waals surface area contributed by atoms with Gasteiger partial charge in [-0.2, -0.15) is 0 Å². The second-order valence-corrected chi connectivity index (χ2v) is 5.65. The number of aromatic hydroxyl groups is 1. The van der Waals surface area contributed by atoms with Gasteiger partial charge in [0.25, 0.3) is 5.91 Å². The summed E-state index contributed by atoms with van der Waals surface area (Å²) < 4.78 is 0. The van der Waals surface area contributed by atoms with Crippen molar-refractivity contribution in [3.05, 3.63) is 28.8 Å². The minimum absolute atomic E-state index is 0.0464. The fourth-order valence-electron chi connectivity index (χ4n) is 2.66. The number of hydrogen-bond acceptors (Lipinski definition) is 3. The third-order valence-corrected chi connectivity index (χ3v) is 4.08. The van der Waals surface area contributed by atoms with Crippen molar-refractivity contribution in [2.24, 2.45) is 0 Å². The summed E-state index contributed by atoms with van der Waals surface area (Å²) in [6.07, 6.45) is 3.27. The van der Waals surface area contributed by atoms with Crippen LogP contribution in [-0.4, -0.2) is 39.6 Å². The third-order valence-electron chi connectivity index (χ3n) is 3.77. The molecule has 114 valence electrons. The number of phenols is 1. The lowest BCUT2D eigenvalue weighted by Crippen LogP contribution is -2.43. The molecule has 5 nitrogen and oxygen atoms in total. The molecular weight excluding hydrogens is 294 g/mol. The molecule has 6 heteroatoms. The summed E-state index contributed by atoms with van der Waals surface area (Å²) in [4.78, 5) is 25.0. The summed E-state index contributed by atoms with van der Waals surface area (Å²) in [5, 5.41) is 18.4. The smallest absolute Gasteiger partial charge is 0.303 e. The number of nitrogens with zero attached hydrogens (tertiary/aromatic N) is 1. The third kappa shape index (κ3) is 3.88. The molecule has 1 aliphatic rings. The molecule has 1 atom stereocenters. The topological polar surface area (TPSA) is 77.8 Å². The predicted molar refractivity (Wildman–Crippen MR) is 78.7 cm³/mol. The van der Waals surface area contributed by atoms with Gasteiger partial charge in [-0.05, 0) is 43.9 Å². The van der Waals surface area contributed by atoms with Gasteiger partial charge in [0.15, 0.2) is 0 Å². The second-order valence-electron chi connectivity index (χ2n) is 5.25. The quantitative estimate of drug-likeness (QED) is 0.896. The van der Waals surface area contributed by atoms with E-state index >= 15 is 0 Å². The van der Waals surface area contributed by atoms with Crippen molar-refractivity contribution in [3.63, 3.8) is 0 Å². The first-order valence-corrected chi connectivity index (χ1v) is 7.38. The van der Waals surface area contributed by atoms with Gasteiger partial charge >= 0.3 is 5.97 Å². The fraction of sp³-hybridized carbons (Fsp3) is 0.467. The Hall–Kier alpha value is -1.75. The van der Waals surface area contributed by atoms with Crippen LogP contribution in [0, 0.1) is 0 Å². The highest BCUT2D eigenvalue weighted by Gasteiger charge is 2.28. The first-order valence-electron chi connectivity index (χ1n) is 7.00. The second kappa shape index (κ2) is 6.80. The summed E-state index contributed by atoms with van der Waals surface area (Å²) in [7, 11) is 0. The maximum atomic E-state index is 12.6. The zero-order valence-corrected chi connectivity index (χ0v) is 12.3. The van der Waals surface area contributed by atoms with E-state index in [0.717, 1.165) is 19.3 Å². The Labute approximate surface area is 128 Å². The standard InChI is InChI=1S/C15H18ClNO4/c16-12-9-10(4-6-13(12)18)15(21)17-8-2-1-3-11(17)5-7-14(19)20/h4,6,9,11,18H,1-3,5,7-8H2,(H,19,20). The van der Waals surface area contributed by atoms with Gasteiger partial charge in [-0.15, -0.1) is 0 Å². The number of rotatable bonds is 4. The molecule has 21 heavy (non-hydrogen) atoms. The van der Waals surface area contributed by atoms with Gasteiger partial charge in [-0.3, -0.25) is 9.59 Å². The zero-order valence-electron chi connectivity index (χ0n) is 11.6. The summed E-state index contributed by atoms with van der Waals surface area (Å²) in [5.74, 6) is -1.07. The molecule has 1 fully saturated rings. The molecule has 1 saturated heterocycles. The van der Waals surface area contributed by atoms with Crippen LogP contribution in [0.4, 0.5) is 0 Å². The molecular formula is C15H18ClNO4. The average Bonchev–Trinajstić information content (AvgIpc) is 2.47.